The number of hydrogen-bond acceptors (Lipinski definition) is 5. The van der Waals surface area contributed by atoms with Crippen molar-refractivity contribution in [1.29, 1.82) is 0 Å². The van der Waals surface area contributed by atoms with Gasteiger partial charge in [-0.3, -0.25) is 9.69 Å². The van der Waals surface area contributed by atoms with Crippen molar-refractivity contribution in [2.75, 3.05) is 53.1 Å². The molecule has 1 unspecified atom stereocenters. The molecule has 0 aromatic rings. The average Bonchev–Trinajstić information content (AvgIpc) is 2.38. The molecular formula is C13H29N3O3. The molecule has 6 nitrogen and oxygen atoms in total. The lowest BCUT2D eigenvalue weighted by Gasteiger charge is -2.23. The minimum Gasteiger partial charge on any atom is -0.380 e. The quantitative estimate of drug-likeness (QED) is 0.456. The van der Waals surface area contributed by atoms with E-state index in [0.717, 1.165) is 32.8 Å². The van der Waals surface area contributed by atoms with Gasteiger partial charge in [0.25, 0.3) is 0 Å². The lowest BCUT2D eigenvalue weighted by atomic mass is 10.2. The number of primary amides is 1. The fourth-order valence-corrected chi connectivity index (χ4v) is 1.75. The van der Waals surface area contributed by atoms with E-state index in [-0.39, 0.29) is 11.9 Å². The molecule has 0 aromatic heterocycles. The van der Waals surface area contributed by atoms with E-state index in [9.17, 15) is 4.79 Å². The number of nitrogens with two attached hydrogens (primary N) is 1. The maximum atomic E-state index is 11.2. The van der Waals surface area contributed by atoms with Crippen molar-refractivity contribution in [2.24, 2.45) is 5.73 Å². The van der Waals surface area contributed by atoms with Crippen LogP contribution in [0.25, 0.3) is 0 Å². The lowest BCUT2D eigenvalue weighted by Crippen LogP contribution is -2.42. The van der Waals surface area contributed by atoms with Gasteiger partial charge in [-0.25, -0.2) is 0 Å². The molecule has 0 radical (unpaired) electrons. The van der Waals surface area contributed by atoms with Crippen LogP contribution in [0.5, 0.6) is 0 Å². The summed E-state index contributed by atoms with van der Waals surface area (Å²) >= 11 is 0. The number of hydrogen-bond donors (Lipinski definition) is 2. The van der Waals surface area contributed by atoms with E-state index in [1.807, 2.05) is 13.8 Å². The Morgan fingerprint density at radius 2 is 1.68 bits per heavy atom. The Hall–Kier alpha value is -0.690. The highest BCUT2D eigenvalue weighted by Gasteiger charge is 2.14. The molecule has 0 aliphatic carbocycles. The molecule has 6 heteroatoms. The van der Waals surface area contributed by atoms with Gasteiger partial charge in [0, 0.05) is 32.8 Å². The Morgan fingerprint density at radius 3 is 2.05 bits per heavy atom. The second-order valence-corrected chi connectivity index (χ2v) is 4.27. The zero-order valence-corrected chi connectivity index (χ0v) is 12.5. The van der Waals surface area contributed by atoms with Crippen molar-refractivity contribution in [2.45, 2.75) is 26.3 Å². The van der Waals surface area contributed by atoms with Gasteiger partial charge in [0.2, 0.25) is 5.91 Å². The van der Waals surface area contributed by atoms with E-state index >= 15 is 0 Å². The normalized spacial score (nSPS) is 12.8. The van der Waals surface area contributed by atoms with E-state index in [0.29, 0.717) is 19.6 Å². The summed E-state index contributed by atoms with van der Waals surface area (Å²) in [5.41, 5.74) is 5.31. The molecular weight excluding hydrogens is 246 g/mol. The van der Waals surface area contributed by atoms with E-state index in [1.54, 1.807) is 7.05 Å². The molecule has 19 heavy (non-hydrogen) atoms. The van der Waals surface area contributed by atoms with Gasteiger partial charge in [-0.05, 0) is 27.3 Å². The van der Waals surface area contributed by atoms with Gasteiger partial charge in [-0.15, -0.1) is 0 Å². The van der Waals surface area contributed by atoms with Crippen LogP contribution in [0, 0.1) is 0 Å². The molecule has 0 aliphatic rings. The molecule has 3 N–H and O–H groups in total. The Labute approximate surface area is 116 Å². The van der Waals surface area contributed by atoms with Gasteiger partial charge < -0.3 is 20.5 Å². The van der Waals surface area contributed by atoms with Crippen LogP contribution in [0.2, 0.25) is 0 Å². The predicted molar refractivity (Wildman–Crippen MR) is 76.1 cm³/mol. The third-order valence-electron chi connectivity index (χ3n) is 2.94. The first kappa shape index (κ1) is 18.3. The fraction of sp³-hybridized carbons (Fsp3) is 0.923. The van der Waals surface area contributed by atoms with Crippen molar-refractivity contribution in [3.05, 3.63) is 0 Å². The van der Waals surface area contributed by atoms with Gasteiger partial charge in [0.05, 0.1) is 19.3 Å². The Morgan fingerprint density at radius 1 is 1.16 bits per heavy atom. The van der Waals surface area contributed by atoms with Crippen molar-refractivity contribution in [1.82, 2.24) is 10.2 Å². The highest BCUT2D eigenvalue weighted by atomic mass is 16.5. The van der Waals surface area contributed by atoms with Crippen LogP contribution in [-0.4, -0.2) is 70.0 Å². The number of amides is 1. The number of likely N-dealkylation sites (N-methyl/N-ethyl adjacent to an activating group) is 1. The first-order chi connectivity index (χ1) is 9.15. The van der Waals surface area contributed by atoms with Crippen molar-refractivity contribution >= 4 is 5.91 Å². The van der Waals surface area contributed by atoms with Gasteiger partial charge in [0.1, 0.15) is 0 Å². The van der Waals surface area contributed by atoms with Crippen LogP contribution >= 0.6 is 0 Å². The molecule has 0 aliphatic heterocycles. The molecule has 114 valence electrons. The summed E-state index contributed by atoms with van der Waals surface area (Å²) in [5.74, 6) is -0.308. The number of carbonyl (C=O) groups is 1. The summed E-state index contributed by atoms with van der Waals surface area (Å²) in [6.07, 6.45) is 0.698. The predicted octanol–water partition coefficient (Wildman–Crippen LogP) is -0.175. The highest BCUT2D eigenvalue weighted by molar-refractivity contribution is 5.79. The lowest BCUT2D eigenvalue weighted by molar-refractivity contribution is -0.120. The standard InChI is InChI=1S/C13H29N3O3/c1-4-18-10-8-16(9-11-19-5-2)7-6-12(15-3)13(14)17/h12,15H,4-11H2,1-3H3,(H2,14,17). The van der Waals surface area contributed by atoms with Crippen molar-refractivity contribution in [3.63, 3.8) is 0 Å². The number of rotatable bonds is 13. The van der Waals surface area contributed by atoms with E-state index in [1.165, 1.54) is 0 Å². The van der Waals surface area contributed by atoms with Crippen molar-refractivity contribution in [3.8, 4) is 0 Å². The van der Waals surface area contributed by atoms with E-state index in [2.05, 4.69) is 10.2 Å². The molecule has 0 spiro atoms. The fourth-order valence-electron chi connectivity index (χ4n) is 1.75. The molecule has 0 saturated heterocycles. The summed E-state index contributed by atoms with van der Waals surface area (Å²) < 4.78 is 10.7. The maximum Gasteiger partial charge on any atom is 0.234 e. The van der Waals surface area contributed by atoms with Gasteiger partial charge in [-0.2, -0.15) is 0 Å². The second kappa shape index (κ2) is 12.3. The molecule has 0 rings (SSSR count). The highest BCUT2D eigenvalue weighted by Crippen LogP contribution is 1.97. The average molecular weight is 275 g/mol. The molecule has 0 bridgehead atoms. The third kappa shape index (κ3) is 9.84. The minimum absolute atomic E-state index is 0.276. The summed E-state index contributed by atoms with van der Waals surface area (Å²) in [6.45, 7) is 9.29. The summed E-state index contributed by atoms with van der Waals surface area (Å²) in [4.78, 5) is 13.4. The smallest absolute Gasteiger partial charge is 0.234 e. The van der Waals surface area contributed by atoms with Crippen LogP contribution in [0.1, 0.15) is 20.3 Å². The minimum atomic E-state index is -0.308. The largest absolute Gasteiger partial charge is 0.380 e. The van der Waals surface area contributed by atoms with Crippen LogP contribution in [-0.2, 0) is 14.3 Å². The maximum absolute atomic E-state index is 11.2. The first-order valence-electron chi connectivity index (χ1n) is 7.00. The van der Waals surface area contributed by atoms with Crippen LogP contribution in [0.4, 0.5) is 0 Å². The number of nitrogens with one attached hydrogen (secondary N) is 1. The second-order valence-electron chi connectivity index (χ2n) is 4.27. The Bertz CT molecular complexity index is 217. The van der Waals surface area contributed by atoms with E-state index in [4.69, 9.17) is 15.2 Å². The zero-order valence-electron chi connectivity index (χ0n) is 12.5. The molecule has 1 atom stereocenters. The summed E-state index contributed by atoms with van der Waals surface area (Å²) in [6, 6.07) is -0.276. The monoisotopic (exact) mass is 275 g/mol. The third-order valence-corrected chi connectivity index (χ3v) is 2.94. The SMILES string of the molecule is CCOCCN(CCOCC)CCC(NC)C(N)=O. The molecule has 0 saturated carbocycles. The van der Waals surface area contributed by atoms with E-state index < -0.39 is 0 Å². The summed E-state index contributed by atoms with van der Waals surface area (Å²) in [5, 5.41) is 2.93. The Kier molecular flexibility index (Phi) is 11.9. The van der Waals surface area contributed by atoms with Gasteiger partial charge in [0.15, 0.2) is 0 Å². The number of ether oxygens (including phenoxy) is 2. The van der Waals surface area contributed by atoms with Gasteiger partial charge >= 0.3 is 0 Å². The number of nitrogens with zero attached hydrogens (tertiary/aromatic N) is 1. The molecule has 0 fully saturated rings. The zero-order chi connectivity index (χ0) is 14.5. The topological polar surface area (TPSA) is 76.8 Å². The molecule has 0 heterocycles. The van der Waals surface area contributed by atoms with Crippen LogP contribution in [0.3, 0.4) is 0 Å². The molecule has 1 amide bonds. The first-order valence-corrected chi connectivity index (χ1v) is 7.00. The summed E-state index contributed by atoms with van der Waals surface area (Å²) in [7, 11) is 1.75. The molecule has 0 aromatic carbocycles. The van der Waals surface area contributed by atoms with Gasteiger partial charge in [-0.1, -0.05) is 0 Å². The van der Waals surface area contributed by atoms with Crippen molar-refractivity contribution < 1.29 is 14.3 Å². The Balaban J connectivity index is 4.03. The van der Waals surface area contributed by atoms with Crippen LogP contribution in [0.15, 0.2) is 0 Å². The van der Waals surface area contributed by atoms with Crippen LogP contribution < -0.4 is 11.1 Å². The number of carbonyl (C=O) groups excluding carboxylic acids is 1.